The Hall–Kier alpha value is -3.17. The fraction of sp³-hybridized carbons (Fsp3) is 0.679. The van der Waals surface area contributed by atoms with Gasteiger partial charge in [0.25, 0.3) is 0 Å². The second kappa shape index (κ2) is 15.3. The lowest BCUT2D eigenvalue weighted by Gasteiger charge is -2.24. The molecule has 0 aliphatic carbocycles. The van der Waals surface area contributed by atoms with Crippen molar-refractivity contribution in [3.63, 3.8) is 0 Å². The van der Waals surface area contributed by atoms with E-state index in [0.29, 0.717) is 32.2 Å². The van der Waals surface area contributed by atoms with Gasteiger partial charge in [-0.05, 0) is 97.8 Å². The van der Waals surface area contributed by atoms with Crippen LogP contribution in [0.3, 0.4) is 0 Å². The van der Waals surface area contributed by atoms with Crippen molar-refractivity contribution in [2.75, 3.05) is 27.4 Å². The van der Waals surface area contributed by atoms with Crippen LogP contribution in [0.15, 0.2) is 0 Å². The molecule has 0 aromatic heterocycles. The number of amides is 3. The van der Waals surface area contributed by atoms with Gasteiger partial charge < -0.3 is 34.9 Å². The summed E-state index contributed by atoms with van der Waals surface area (Å²) in [6.07, 6.45) is 0.874. The molecule has 0 aliphatic heterocycles. The largest absolute Gasteiger partial charge is 0.496 e. The maximum Gasteiger partial charge on any atom is 0.408 e. The molecule has 3 N–H and O–H groups in total. The first-order valence-electron chi connectivity index (χ1n) is 13.1. The zero-order chi connectivity index (χ0) is 29.0. The molecule has 0 radical (unpaired) electrons. The van der Waals surface area contributed by atoms with E-state index in [1.165, 1.54) is 0 Å². The molecular formula is C28H47N3O7. The zero-order valence-electron chi connectivity index (χ0n) is 24.8. The number of hydrogen-bond donors (Lipinski definition) is 3. The summed E-state index contributed by atoms with van der Waals surface area (Å²) in [5.41, 5.74) is 3.46. The third kappa shape index (κ3) is 10.7. The van der Waals surface area contributed by atoms with Gasteiger partial charge in [0.15, 0.2) is 0 Å². The van der Waals surface area contributed by atoms with Crippen LogP contribution in [-0.4, -0.2) is 63.1 Å². The molecule has 0 heterocycles. The summed E-state index contributed by atoms with van der Waals surface area (Å²) in [5, 5.41) is 8.11. The van der Waals surface area contributed by atoms with Gasteiger partial charge in [-0.3, -0.25) is 4.79 Å². The Bertz CT molecular complexity index is 955. The van der Waals surface area contributed by atoms with E-state index in [1.54, 1.807) is 35.0 Å². The molecule has 1 aromatic rings. The summed E-state index contributed by atoms with van der Waals surface area (Å²) >= 11 is 0. The highest BCUT2D eigenvalue weighted by Gasteiger charge is 2.24. The fourth-order valence-corrected chi connectivity index (χ4v) is 4.10. The van der Waals surface area contributed by atoms with Crippen molar-refractivity contribution in [1.82, 2.24) is 16.0 Å². The van der Waals surface area contributed by atoms with E-state index in [-0.39, 0.29) is 18.6 Å². The highest BCUT2D eigenvalue weighted by molar-refractivity contribution is 5.85. The number of nitrogens with one attached hydrogen (secondary N) is 3. The average molecular weight is 538 g/mol. The van der Waals surface area contributed by atoms with Gasteiger partial charge in [-0.2, -0.15) is 0 Å². The molecule has 0 aliphatic rings. The van der Waals surface area contributed by atoms with Gasteiger partial charge in [-0.1, -0.05) is 0 Å². The maximum atomic E-state index is 12.5. The van der Waals surface area contributed by atoms with E-state index in [9.17, 15) is 14.4 Å². The summed E-state index contributed by atoms with van der Waals surface area (Å²) in [4.78, 5) is 36.8. The molecule has 0 saturated heterocycles. The van der Waals surface area contributed by atoms with Gasteiger partial charge >= 0.3 is 12.2 Å². The van der Waals surface area contributed by atoms with Crippen LogP contribution in [0.1, 0.15) is 76.1 Å². The average Bonchev–Trinajstić information content (AvgIpc) is 2.80. The Labute approximate surface area is 227 Å². The quantitative estimate of drug-likeness (QED) is 0.317. The van der Waals surface area contributed by atoms with Crippen molar-refractivity contribution in [2.45, 2.75) is 98.8 Å². The number of rotatable bonds is 13. The van der Waals surface area contributed by atoms with E-state index in [1.807, 2.05) is 34.6 Å². The molecular weight excluding hydrogens is 490 g/mol. The molecule has 10 heteroatoms. The Morgan fingerprint density at radius 1 is 0.842 bits per heavy atom. The molecule has 1 aromatic carbocycles. The number of alkyl carbamates (subject to hydrolysis) is 2. The van der Waals surface area contributed by atoms with Crippen LogP contribution in [0, 0.1) is 20.8 Å². The van der Waals surface area contributed by atoms with Crippen molar-refractivity contribution in [3.8, 4) is 11.5 Å². The van der Waals surface area contributed by atoms with Gasteiger partial charge in [0, 0.05) is 18.2 Å². The number of methoxy groups -OCH3 is 2. The van der Waals surface area contributed by atoms with Crippen molar-refractivity contribution < 1.29 is 33.3 Å². The number of carbonyl (C=O) groups excluding carboxylic acids is 3. The number of carbonyl (C=O) groups is 3. The van der Waals surface area contributed by atoms with Gasteiger partial charge in [0.2, 0.25) is 5.91 Å². The van der Waals surface area contributed by atoms with Gasteiger partial charge in [0.1, 0.15) is 23.1 Å². The Morgan fingerprint density at radius 2 is 1.45 bits per heavy atom. The van der Waals surface area contributed by atoms with E-state index < -0.39 is 23.8 Å². The minimum Gasteiger partial charge on any atom is -0.496 e. The summed E-state index contributed by atoms with van der Waals surface area (Å²) in [6.45, 7) is 15.5. The van der Waals surface area contributed by atoms with Crippen molar-refractivity contribution in [1.29, 1.82) is 0 Å². The van der Waals surface area contributed by atoms with Crippen LogP contribution < -0.4 is 25.4 Å². The molecule has 38 heavy (non-hydrogen) atoms. The predicted molar refractivity (Wildman–Crippen MR) is 147 cm³/mol. The number of benzene rings is 1. The number of hydrogen-bond acceptors (Lipinski definition) is 7. The molecule has 1 rings (SSSR count). The third-order valence-corrected chi connectivity index (χ3v) is 5.90. The lowest BCUT2D eigenvalue weighted by molar-refractivity contribution is -0.123. The van der Waals surface area contributed by atoms with Crippen LogP contribution in [0.5, 0.6) is 11.5 Å². The van der Waals surface area contributed by atoms with Gasteiger partial charge in [0.05, 0.1) is 20.8 Å². The molecule has 0 fully saturated rings. The normalized spacial score (nSPS) is 12.0. The fourth-order valence-electron chi connectivity index (χ4n) is 4.10. The first kappa shape index (κ1) is 32.9. The lowest BCUT2D eigenvalue weighted by Crippen LogP contribution is -2.49. The van der Waals surface area contributed by atoms with Crippen LogP contribution in [-0.2, 0) is 20.7 Å². The smallest absolute Gasteiger partial charge is 0.408 e. The lowest BCUT2D eigenvalue weighted by atomic mass is 9.94. The van der Waals surface area contributed by atoms with Gasteiger partial charge in [-0.25, -0.2) is 9.59 Å². The second-order valence-electron chi connectivity index (χ2n) is 10.6. The van der Waals surface area contributed by atoms with E-state index >= 15 is 0 Å². The Balaban J connectivity index is 2.54. The standard InChI is InChI=1S/C28H47N3O7/c1-17(2)30-25(32)22(31-27(34)38-28(6,7)8)14-11-15-29-26(33)37-16-12-13-21-20(5)23(35-9)18(3)19(4)24(21)36-10/h17,22H,11-16H2,1-10H3,(H,29,33)(H,30,32)(H,31,34)/t22-/m0/s1. The molecule has 0 spiro atoms. The van der Waals surface area contributed by atoms with E-state index in [0.717, 1.165) is 33.8 Å². The molecule has 0 bridgehead atoms. The van der Waals surface area contributed by atoms with E-state index in [2.05, 4.69) is 16.0 Å². The van der Waals surface area contributed by atoms with E-state index in [4.69, 9.17) is 18.9 Å². The molecule has 3 amide bonds. The monoisotopic (exact) mass is 537 g/mol. The third-order valence-electron chi connectivity index (χ3n) is 5.90. The minimum atomic E-state index is -0.779. The first-order chi connectivity index (χ1) is 17.7. The zero-order valence-corrected chi connectivity index (χ0v) is 24.8. The van der Waals surface area contributed by atoms with Crippen LogP contribution in [0.4, 0.5) is 9.59 Å². The number of ether oxygens (including phenoxy) is 4. The topological polar surface area (TPSA) is 124 Å². The summed E-state index contributed by atoms with van der Waals surface area (Å²) in [7, 11) is 3.31. The minimum absolute atomic E-state index is 0.0767. The Morgan fingerprint density at radius 3 is 2.00 bits per heavy atom. The Kier molecular flexibility index (Phi) is 13.2. The summed E-state index contributed by atoms with van der Waals surface area (Å²) in [6, 6.07) is -0.856. The summed E-state index contributed by atoms with van der Waals surface area (Å²) < 4.78 is 21.8. The SMILES string of the molecule is COc1c(C)c(C)c(OC)c(CCCOC(=O)NCCC[C@H](NC(=O)OC(C)(C)C)C(=O)NC(C)C)c1C. The molecule has 10 nitrogen and oxygen atoms in total. The maximum absolute atomic E-state index is 12.5. The van der Waals surface area contributed by atoms with Crippen LogP contribution in [0.25, 0.3) is 0 Å². The molecule has 216 valence electrons. The van der Waals surface area contributed by atoms with Crippen molar-refractivity contribution >= 4 is 18.1 Å². The van der Waals surface area contributed by atoms with Gasteiger partial charge in [-0.15, -0.1) is 0 Å². The van der Waals surface area contributed by atoms with Crippen LogP contribution >= 0.6 is 0 Å². The van der Waals surface area contributed by atoms with Crippen molar-refractivity contribution in [2.24, 2.45) is 0 Å². The first-order valence-corrected chi connectivity index (χ1v) is 13.1. The van der Waals surface area contributed by atoms with Crippen molar-refractivity contribution in [3.05, 3.63) is 22.3 Å². The second-order valence-corrected chi connectivity index (χ2v) is 10.6. The highest BCUT2D eigenvalue weighted by Crippen LogP contribution is 2.38. The molecule has 0 saturated carbocycles. The summed E-state index contributed by atoms with van der Waals surface area (Å²) in [5.74, 6) is 1.38. The predicted octanol–water partition coefficient (Wildman–Crippen LogP) is 4.49. The molecule has 0 unspecified atom stereocenters. The molecule has 1 atom stereocenters. The van der Waals surface area contributed by atoms with Crippen LogP contribution in [0.2, 0.25) is 0 Å². The highest BCUT2D eigenvalue weighted by atomic mass is 16.6.